The van der Waals surface area contributed by atoms with Crippen molar-refractivity contribution < 1.29 is 9.90 Å². The Morgan fingerprint density at radius 2 is 1.88 bits per heavy atom. The van der Waals surface area contributed by atoms with Gasteiger partial charge in [-0.15, -0.1) is 0 Å². The Balaban J connectivity index is 3.81. The van der Waals surface area contributed by atoms with E-state index in [1.165, 1.54) is 0 Å². The zero-order valence-electron chi connectivity index (χ0n) is 10.9. The number of hydrogen-bond donors (Lipinski definition) is 3. The number of hydrogen-bond acceptors (Lipinski definition) is 3. The molecule has 96 valence electrons. The van der Waals surface area contributed by atoms with Crippen LogP contribution in [-0.4, -0.2) is 36.8 Å². The second-order valence-corrected chi connectivity index (χ2v) is 4.33. The van der Waals surface area contributed by atoms with E-state index < -0.39 is 0 Å². The Labute approximate surface area is 98.8 Å². The first-order valence-corrected chi connectivity index (χ1v) is 6.17. The Morgan fingerprint density at radius 3 is 2.31 bits per heavy atom. The topological polar surface area (TPSA) is 61.4 Å². The van der Waals surface area contributed by atoms with Crippen molar-refractivity contribution in [1.29, 1.82) is 0 Å². The van der Waals surface area contributed by atoms with Gasteiger partial charge in [0.15, 0.2) is 0 Å². The fourth-order valence-corrected chi connectivity index (χ4v) is 1.77. The highest BCUT2D eigenvalue weighted by Gasteiger charge is 2.16. The quantitative estimate of drug-likeness (QED) is 0.580. The number of carbonyl (C=O) groups excluding carboxylic acids is 1. The van der Waals surface area contributed by atoms with Crippen molar-refractivity contribution in [2.45, 2.75) is 52.2 Å². The van der Waals surface area contributed by atoms with E-state index in [0.29, 0.717) is 18.9 Å². The van der Waals surface area contributed by atoms with Crippen molar-refractivity contribution in [3.63, 3.8) is 0 Å². The molecule has 0 saturated heterocycles. The summed E-state index contributed by atoms with van der Waals surface area (Å²) in [5.41, 5.74) is 0. The van der Waals surface area contributed by atoms with Crippen molar-refractivity contribution in [2.24, 2.45) is 5.92 Å². The van der Waals surface area contributed by atoms with Gasteiger partial charge in [-0.3, -0.25) is 4.79 Å². The maximum Gasteiger partial charge on any atom is 0.221 e. The summed E-state index contributed by atoms with van der Waals surface area (Å²) in [6.07, 6.45) is 2.11. The molecule has 0 rings (SSSR count). The molecule has 0 aliphatic heterocycles. The molecule has 2 atom stereocenters. The van der Waals surface area contributed by atoms with Crippen LogP contribution in [0.25, 0.3) is 0 Å². The van der Waals surface area contributed by atoms with E-state index in [-0.39, 0.29) is 18.1 Å². The van der Waals surface area contributed by atoms with Crippen molar-refractivity contribution in [2.75, 3.05) is 13.6 Å². The molecule has 16 heavy (non-hydrogen) atoms. The molecule has 2 unspecified atom stereocenters. The number of nitrogens with one attached hydrogen (secondary N) is 2. The normalized spacial score (nSPS) is 14.9. The lowest BCUT2D eigenvalue weighted by atomic mass is 9.96. The van der Waals surface area contributed by atoms with Crippen molar-refractivity contribution in [3.8, 4) is 0 Å². The average Bonchev–Trinajstić information content (AvgIpc) is 2.27. The number of carbonyl (C=O) groups is 1. The van der Waals surface area contributed by atoms with Crippen LogP contribution in [0.4, 0.5) is 0 Å². The van der Waals surface area contributed by atoms with Crippen LogP contribution in [0.15, 0.2) is 0 Å². The first-order valence-electron chi connectivity index (χ1n) is 6.17. The third kappa shape index (κ3) is 6.08. The average molecular weight is 230 g/mol. The fraction of sp³-hybridized carbons (Fsp3) is 0.917. The molecule has 0 aromatic carbocycles. The third-order valence-corrected chi connectivity index (χ3v) is 3.04. The highest BCUT2D eigenvalue weighted by Crippen LogP contribution is 2.12. The number of aliphatic hydroxyl groups is 1. The summed E-state index contributed by atoms with van der Waals surface area (Å²) in [6, 6.07) is 0.101. The van der Waals surface area contributed by atoms with E-state index in [0.717, 1.165) is 12.8 Å². The Hall–Kier alpha value is -0.610. The number of amides is 1. The van der Waals surface area contributed by atoms with Gasteiger partial charge in [-0.1, -0.05) is 26.7 Å². The standard InChI is InChI=1S/C12H26N2O2/c1-5-10(6-2)11(15)8-14-9(3)7-12(16)13-4/h9-11,14-15H,5-8H2,1-4H3,(H,13,16). The molecule has 0 heterocycles. The van der Waals surface area contributed by atoms with Crippen LogP contribution in [-0.2, 0) is 4.79 Å². The van der Waals surface area contributed by atoms with E-state index in [2.05, 4.69) is 24.5 Å². The third-order valence-electron chi connectivity index (χ3n) is 3.04. The Morgan fingerprint density at radius 1 is 1.31 bits per heavy atom. The SMILES string of the molecule is CCC(CC)C(O)CNC(C)CC(=O)NC. The van der Waals surface area contributed by atoms with Gasteiger partial charge in [0.25, 0.3) is 0 Å². The summed E-state index contributed by atoms with van der Waals surface area (Å²) < 4.78 is 0. The molecule has 0 aliphatic carbocycles. The number of aliphatic hydroxyl groups excluding tert-OH is 1. The minimum Gasteiger partial charge on any atom is -0.392 e. The zero-order valence-corrected chi connectivity index (χ0v) is 10.9. The Kier molecular flexibility index (Phi) is 8.21. The molecule has 0 saturated carbocycles. The van der Waals surface area contributed by atoms with Gasteiger partial charge in [-0.25, -0.2) is 0 Å². The summed E-state index contributed by atoms with van der Waals surface area (Å²) in [7, 11) is 1.63. The van der Waals surface area contributed by atoms with E-state index >= 15 is 0 Å². The highest BCUT2D eigenvalue weighted by atomic mass is 16.3. The molecule has 0 aliphatic rings. The lowest BCUT2D eigenvalue weighted by Gasteiger charge is -2.22. The van der Waals surface area contributed by atoms with Crippen LogP contribution < -0.4 is 10.6 Å². The first kappa shape index (κ1) is 15.4. The second kappa shape index (κ2) is 8.53. The molecular formula is C12H26N2O2. The minimum absolute atomic E-state index is 0.0250. The van der Waals surface area contributed by atoms with E-state index in [1.54, 1.807) is 7.05 Å². The molecule has 0 bridgehead atoms. The lowest BCUT2D eigenvalue weighted by molar-refractivity contribution is -0.121. The molecule has 0 aromatic heterocycles. The van der Waals surface area contributed by atoms with Gasteiger partial charge in [-0.2, -0.15) is 0 Å². The van der Waals surface area contributed by atoms with Crippen LogP contribution in [0.3, 0.4) is 0 Å². The van der Waals surface area contributed by atoms with E-state index in [9.17, 15) is 9.90 Å². The molecule has 3 N–H and O–H groups in total. The van der Waals surface area contributed by atoms with Crippen molar-refractivity contribution in [1.82, 2.24) is 10.6 Å². The molecule has 4 nitrogen and oxygen atoms in total. The van der Waals surface area contributed by atoms with Gasteiger partial charge in [-0.05, 0) is 12.8 Å². The van der Waals surface area contributed by atoms with Crippen molar-refractivity contribution >= 4 is 5.91 Å². The molecule has 0 radical (unpaired) electrons. The molecule has 0 fully saturated rings. The van der Waals surface area contributed by atoms with Gasteiger partial charge in [0.2, 0.25) is 5.91 Å². The fourth-order valence-electron chi connectivity index (χ4n) is 1.77. The molecule has 4 heteroatoms. The van der Waals surface area contributed by atoms with Gasteiger partial charge < -0.3 is 15.7 Å². The van der Waals surface area contributed by atoms with Crippen LogP contribution in [0.1, 0.15) is 40.0 Å². The zero-order chi connectivity index (χ0) is 12.6. The van der Waals surface area contributed by atoms with E-state index in [1.807, 2.05) is 6.92 Å². The lowest BCUT2D eigenvalue weighted by Crippen LogP contribution is -2.39. The number of rotatable bonds is 8. The van der Waals surface area contributed by atoms with Gasteiger partial charge in [0.05, 0.1) is 6.10 Å². The summed E-state index contributed by atoms with van der Waals surface area (Å²) in [6.45, 7) is 6.69. The first-order chi connectivity index (χ1) is 7.54. The molecular weight excluding hydrogens is 204 g/mol. The molecule has 1 amide bonds. The van der Waals surface area contributed by atoms with E-state index in [4.69, 9.17) is 0 Å². The van der Waals surface area contributed by atoms with Crippen LogP contribution in [0.5, 0.6) is 0 Å². The second-order valence-electron chi connectivity index (χ2n) is 4.33. The van der Waals surface area contributed by atoms with Gasteiger partial charge >= 0.3 is 0 Å². The van der Waals surface area contributed by atoms with Crippen LogP contribution in [0, 0.1) is 5.92 Å². The van der Waals surface area contributed by atoms with Gasteiger partial charge in [0.1, 0.15) is 0 Å². The summed E-state index contributed by atoms with van der Waals surface area (Å²) in [5, 5.41) is 15.7. The highest BCUT2D eigenvalue weighted by molar-refractivity contribution is 5.76. The monoisotopic (exact) mass is 230 g/mol. The maximum atomic E-state index is 11.1. The summed E-state index contributed by atoms with van der Waals surface area (Å²) in [5.74, 6) is 0.372. The predicted octanol–water partition coefficient (Wildman–Crippen LogP) is 0.898. The summed E-state index contributed by atoms with van der Waals surface area (Å²) >= 11 is 0. The van der Waals surface area contributed by atoms with Crippen LogP contribution in [0.2, 0.25) is 0 Å². The Bertz CT molecular complexity index is 193. The predicted molar refractivity (Wildman–Crippen MR) is 66.2 cm³/mol. The minimum atomic E-state index is -0.317. The largest absolute Gasteiger partial charge is 0.392 e. The summed E-state index contributed by atoms with van der Waals surface area (Å²) in [4.78, 5) is 11.1. The smallest absolute Gasteiger partial charge is 0.221 e. The molecule has 0 spiro atoms. The van der Waals surface area contributed by atoms with Gasteiger partial charge in [0, 0.05) is 26.1 Å². The van der Waals surface area contributed by atoms with Crippen molar-refractivity contribution in [3.05, 3.63) is 0 Å². The maximum absolute atomic E-state index is 11.1. The van der Waals surface area contributed by atoms with Crippen LogP contribution >= 0.6 is 0 Å². The molecule has 0 aromatic rings.